The molecule has 0 saturated carbocycles. The number of benzene rings is 1. The molecule has 0 atom stereocenters. The molecule has 0 bridgehead atoms. The second kappa shape index (κ2) is 5.06. The molecule has 1 aromatic heterocycles. The van der Waals surface area contributed by atoms with Crippen LogP contribution in [-0.4, -0.2) is 28.4 Å². The molecular weight excluding hydrogens is 272 g/mol. The van der Waals surface area contributed by atoms with Crippen molar-refractivity contribution < 1.29 is 5.02 Å². The van der Waals surface area contributed by atoms with Crippen LogP contribution in [0.4, 0.5) is 5.69 Å². The lowest BCUT2D eigenvalue weighted by Crippen LogP contribution is -2.41. The summed E-state index contributed by atoms with van der Waals surface area (Å²) in [5, 5.41) is 11.2. The largest absolute Gasteiger partial charge is 0.437 e. The highest BCUT2D eigenvalue weighted by Gasteiger charge is 2.25. The van der Waals surface area contributed by atoms with Gasteiger partial charge in [-0.15, -0.1) is 0 Å². The Morgan fingerprint density at radius 3 is 3.00 bits per heavy atom. The first-order valence-electron chi connectivity index (χ1n) is 6.50. The number of fused-ring (bicyclic) bond motifs is 2. The van der Waals surface area contributed by atoms with Gasteiger partial charge in [0.15, 0.2) is 5.69 Å². The number of pyridine rings is 1. The molecule has 4 nitrogen and oxygen atoms in total. The van der Waals surface area contributed by atoms with Crippen LogP contribution < -0.4 is 0 Å². The van der Waals surface area contributed by atoms with Crippen LogP contribution in [0.25, 0.3) is 15.7 Å². The van der Waals surface area contributed by atoms with Crippen LogP contribution in [0.1, 0.15) is 11.3 Å². The normalized spacial score (nSPS) is 14.9. The lowest BCUT2D eigenvalue weighted by Gasteiger charge is -2.29. The van der Waals surface area contributed by atoms with Gasteiger partial charge in [-0.25, -0.2) is 4.85 Å². The number of hydrogen-bond donors (Lipinski definition) is 1. The molecule has 0 unspecified atom stereocenters. The molecular formula is C14H13BClN3O. The molecule has 1 aliphatic rings. The monoisotopic (exact) mass is 285 g/mol. The number of aromatic nitrogens is 1. The molecule has 0 aliphatic carbocycles. The summed E-state index contributed by atoms with van der Waals surface area (Å²) >= 11 is 6.51. The van der Waals surface area contributed by atoms with Crippen molar-refractivity contribution in [2.75, 3.05) is 6.54 Å². The van der Waals surface area contributed by atoms with E-state index in [4.69, 9.17) is 18.2 Å². The minimum Gasteiger partial charge on any atom is -0.437 e. The second-order valence-corrected chi connectivity index (χ2v) is 5.39. The average Bonchev–Trinajstić information content (AvgIpc) is 2.47. The smallest absolute Gasteiger partial charge is 0.376 e. The molecule has 3 rings (SSSR count). The lowest BCUT2D eigenvalue weighted by atomic mass is 9.82. The van der Waals surface area contributed by atoms with Crippen molar-refractivity contribution in [1.29, 1.82) is 0 Å². The number of halogens is 1. The minimum atomic E-state index is -0.496. The first-order valence-corrected chi connectivity index (χ1v) is 6.88. The molecule has 1 N–H and O–H groups in total. The van der Waals surface area contributed by atoms with Gasteiger partial charge in [-0.3, -0.25) is 4.98 Å². The second-order valence-electron chi connectivity index (χ2n) is 5.02. The highest BCUT2D eigenvalue weighted by atomic mass is 35.5. The third-order valence-corrected chi connectivity index (χ3v) is 4.17. The fourth-order valence-corrected chi connectivity index (χ4v) is 2.91. The number of nitrogens with zero attached hydrogens (tertiary/aromatic N) is 3. The summed E-state index contributed by atoms with van der Waals surface area (Å²) in [5.41, 5.74) is 3.35. The fraction of sp³-hybridized carbons (Fsp3) is 0.286. The Labute approximate surface area is 122 Å². The fourth-order valence-electron chi connectivity index (χ4n) is 2.59. The Kier molecular flexibility index (Phi) is 3.39. The van der Waals surface area contributed by atoms with Crippen LogP contribution in [-0.2, 0) is 13.0 Å². The van der Waals surface area contributed by atoms with Gasteiger partial charge in [-0.1, -0.05) is 17.7 Å². The van der Waals surface area contributed by atoms with E-state index in [1.807, 2.05) is 10.9 Å². The van der Waals surface area contributed by atoms with Crippen LogP contribution >= 0.6 is 11.6 Å². The van der Waals surface area contributed by atoms with Crippen molar-refractivity contribution in [1.82, 2.24) is 9.79 Å². The Morgan fingerprint density at radius 1 is 1.50 bits per heavy atom. The highest BCUT2D eigenvalue weighted by molar-refractivity contribution is 6.45. The molecule has 0 fully saturated rings. The van der Waals surface area contributed by atoms with Gasteiger partial charge in [-0.2, -0.15) is 0 Å². The maximum atomic E-state index is 9.71. The molecule has 6 heteroatoms. The predicted octanol–water partition coefficient (Wildman–Crippen LogP) is 2.91. The van der Waals surface area contributed by atoms with Crippen LogP contribution in [0.5, 0.6) is 0 Å². The Bertz CT molecular complexity index is 726. The summed E-state index contributed by atoms with van der Waals surface area (Å²) in [4.78, 5) is 10.0. The number of rotatable bonds is 1. The molecule has 0 radical (unpaired) electrons. The zero-order valence-corrected chi connectivity index (χ0v) is 11.9. The Balaban J connectivity index is 2.16. The average molecular weight is 286 g/mol. The van der Waals surface area contributed by atoms with Gasteiger partial charge in [0.2, 0.25) is 0 Å². The van der Waals surface area contributed by atoms with E-state index >= 15 is 0 Å². The van der Waals surface area contributed by atoms with E-state index in [9.17, 15) is 5.02 Å². The van der Waals surface area contributed by atoms with Gasteiger partial charge in [0, 0.05) is 29.6 Å². The summed E-state index contributed by atoms with van der Waals surface area (Å²) in [6.07, 6.45) is 0.778. The van der Waals surface area contributed by atoms with E-state index in [1.54, 1.807) is 19.0 Å². The molecule has 1 aliphatic heterocycles. The Morgan fingerprint density at radius 2 is 2.30 bits per heavy atom. The summed E-state index contributed by atoms with van der Waals surface area (Å²) < 4.78 is 0. The van der Waals surface area contributed by atoms with E-state index in [0.29, 0.717) is 17.3 Å². The summed E-state index contributed by atoms with van der Waals surface area (Å²) in [5.74, 6) is 0. The standard InChI is InChI=1S/C14H13BClN3O/c1-15(20)19-6-5-13-11(8-19)14(16)10-7-9(17-2)3-4-12(10)18-13/h3-4,7,20H,5-6,8H2,1H3. The molecule has 2 aromatic rings. The lowest BCUT2D eigenvalue weighted by molar-refractivity contribution is 0.345. The van der Waals surface area contributed by atoms with Crippen molar-refractivity contribution in [3.63, 3.8) is 0 Å². The Hall–Kier alpha value is -1.61. The van der Waals surface area contributed by atoms with Gasteiger partial charge in [0.1, 0.15) is 0 Å². The summed E-state index contributed by atoms with van der Waals surface area (Å²) in [7, 11) is -0.496. The van der Waals surface area contributed by atoms with Crippen molar-refractivity contribution in [2.45, 2.75) is 19.8 Å². The number of hydrogen-bond acceptors (Lipinski definition) is 3. The molecule has 0 amide bonds. The zero-order valence-electron chi connectivity index (χ0n) is 11.1. The third kappa shape index (κ3) is 2.16. The highest BCUT2D eigenvalue weighted by Crippen LogP contribution is 2.33. The van der Waals surface area contributed by atoms with Crippen molar-refractivity contribution in [3.8, 4) is 0 Å². The molecule has 0 saturated heterocycles. The van der Waals surface area contributed by atoms with Crippen molar-refractivity contribution >= 4 is 35.2 Å². The van der Waals surface area contributed by atoms with Gasteiger partial charge in [-0.05, 0) is 25.5 Å². The van der Waals surface area contributed by atoms with Gasteiger partial charge >= 0.3 is 7.05 Å². The third-order valence-electron chi connectivity index (χ3n) is 3.74. The minimum absolute atomic E-state index is 0.496. The van der Waals surface area contributed by atoms with Crippen molar-refractivity contribution in [2.24, 2.45) is 0 Å². The molecule has 20 heavy (non-hydrogen) atoms. The van der Waals surface area contributed by atoms with Crippen molar-refractivity contribution in [3.05, 3.63) is 45.9 Å². The van der Waals surface area contributed by atoms with Crippen LogP contribution in [0, 0.1) is 6.57 Å². The predicted molar refractivity (Wildman–Crippen MR) is 81.0 cm³/mol. The molecule has 100 valence electrons. The van der Waals surface area contributed by atoms with E-state index < -0.39 is 7.05 Å². The maximum absolute atomic E-state index is 9.71. The SMILES string of the molecule is [C-]#[N+]c1ccc2nc3c(c(Cl)c2c1)CN(B(C)O)CC3. The van der Waals surface area contributed by atoms with Gasteiger partial charge in [0.05, 0.1) is 17.1 Å². The zero-order chi connectivity index (χ0) is 14.3. The molecule has 2 heterocycles. The maximum Gasteiger partial charge on any atom is 0.376 e. The molecule has 0 spiro atoms. The summed E-state index contributed by atoms with van der Waals surface area (Å²) in [6, 6.07) is 5.38. The van der Waals surface area contributed by atoms with Crippen LogP contribution in [0.3, 0.4) is 0 Å². The van der Waals surface area contributed by atoms with E-state index in [-0.39, 0.29) is 0 Å². The first-order chi connectivity index (χ1) is 9.60. The van der Waals surface area contributed by atoms with E-state index in [2.05, 4.69) is 9.83 Å². The first kappa shape index (κ1) is 13.4. The van der Waals surface area contributed by atoms with E-state index in [0.717, 1.165) is 35.1 Å². The summed E-state index contributed by atoms with van der Waals surface area (Å²) in [6.45, 7) is 10.2. The van der Waals surface area contributed by atoms with E-state index in [1.165, 1.54) is 0 Å². The van der Waals surface area contributed by atoms with Crippen LogP contribution in [0.2, 0.25) is 11.8 Å². The van der Waals surface area contributed by atoms with Gasteiger partial charge in [0.25, 0.3) is 0 Å². The quantitative estimate of drug-likeness (QED) is 0.647. The topological polar surface area (TPSA) is 40.7 Å². The van der Waals surface area contributed by atoms with Gasteiger partial charge < -0.3 is 9.83 Å². The van der Waals surface area contributed by atoms with Crippen LogP contribution in [0.15, 0.2) is 18.2 Å². The molecule has 1 aromatic carbocycles.